The topological polar surface area (TPSA) is 61.4 Å². The highest BCUT2D eigenvalue weighted by molar-refractivity contribution is 5.95. The summed E-state index contributed by atoms with van der Waals surface area (Å²) >= 11 is 0. The minimum absolute atomic E-state index is 0.205. The number of rotatable bonds is 5. The molecule has 0 bridgehead atoms. The number of nitrogens with zero attached hydrogens (tertiary/aromatic N) is 1. The van der Waals surface area contributed by atoms with Crippen molar-refractivity contribution < 1.29 is 9.59 Å². The zero-order valence-electron chi connectivity index (χ0n) is 11.5. The summed E-state index contributed by atoms with van der Waals surface area (Å²) in [4.78, 5) is 25.3. The van der Waals surface area contributed by atoms with Gasteiger partial charge in [0.15, 0.2) is 0 Å². The third-order valence-electron chi connectivity index (χ3n) is 3.36. The molecule has 0 aliphatic carbocycles. The van der Waals surface area contributed by atoms with E-state index in [1.807, 2.05) is 6.92 Å². The molecule has 1 aliphatic heterocycles. The maximum atomic E-state index is 11.7. The molecular formula is C13H25N3O2. The van der Waals surface area contributed by atoms with E-state index in [1.165, 1.54) is 6.42 Å². The van der Waals surface area contributed by atoms with Gasteiger partial charge in [-0.05, 0) is 32.2 Å². The van der Waals surface area contributed by atoms with E-state index in [4.69, 9.17) is 0 Å². The number of hydrogen-bond acceptors (Lipinski definition) is 3. The van der Waals surface area contributed by atoms with Crippen molar-refractivity contribution in [3.05, 3.63) is 0 Å². The summed E-state index contributed by atoms with van der Waals surface area (Å²) in [6, 6.07) is 0.107. The van der Waals surface area contributed by atoms with Gasteiger partial charge >= 0.3 is 6.03 Å². The summed E-state index contributed by atoms with van der Waals surface area (Å²) in [5.41, 5.74) is 0. The van der Waals surface area contributed by atoms with Crippen molar-refractivity contribution in [2.75, 3.05) is 19.6 Å². The van der Waals surface area contributed by atoms with Crippen molar-refractivity contribution in [1.29, 1.82) is 0 Å². The average Bonchev–Trinajstić information content (AvgIpc) is 2.36. The summed E-state index contributed by atoms with van der Waals surface area (Å²) in [7, 11) is 0. The Bertz CT molecular complexity index is 281. The van der Waals surface area contributed by atoms with Crippen molar-refractivity contribution in [1.82, 2.24) is 15.5 Å². The SMILES string of the molecule is CCCNC(=O)NC(=O)CN1CCCCC1CC. The lowest BCUT2D eigenvalue weighted by Gasteiger charge is -2.34. The maximum absolute atomic E-state index is 11.7. The number of amides is 3. The molecule has 0 aromatic rings. The Labute approximate surface area is 109 Å². The van der Waals surface area contributed by atoms with Gasteiger partial charge in [0.25, 0.3) is 0 Å². The number of carbonyl (C=O) groups excluding carboxylic acids is 2. The third kappa shape index (κ3) is 5.04. The van der Waals surface area contributed by atoms with Crippen molar-refractivity contribution in [3.63, 3.8) is 0 Å². The number of hydrogen-bond donors (Lipinski definition) is 2. The molecule has 5 heteroatoms. The predicted octanol–water partition coefficient (Wildman–Crippen LogP) is 1.49. The van der Waals surface area contributed by atoms with E-state index >= 15 is 0 Å². The van der Waals surface area contributed by atoms with E-state index in [-0.39, 0.29) is 11.9 Å². The first-order valence-corrected chi connectivity index (χ1v) is 6.99. The van der Waals surface area contributed by atoms with Crippen LogP contribution in [0, 0.1) is 0 Å². The van der Waals surface area contributed by atoms with Crippen LogP contribution in [0.25, 0.3) is 0 Å². The molecular weight excluding hydrogens is 230 g/mol. The monoisotopic (exact) mass is 255 g/mol. The Hall–Kier alpha value is -1.10. The van der Waals surface area contributed by atoms with Crippen LogP contribution in [-0.2, 0) is 4.79 Å². The van der Waals surface area contributed by atoms with Gasteiger partial charge in [0.1, 0.15) is 0 Å². The predicted molar refractivity (Wildman–Crippen MR) is 71.3 cm³/mol. The van der Waals surface area contributed by atoms with E-state index in [2.05, 4.69) is 22.5 Å². The standard InChI is InChI=1S/C13H25N3O2/c1-3-8-14-13(18)15-12(17)10-16-9-6-5-7-11(16)4-2/h11H,3-10H2,1-2H3,(H2,14,15,17,18). The second-order valence-electron chi connectivity index (χ2n) is 4.83. The molecule has 0 saturated carbocycles. The van der Waals surface area contributed by atoms with Crippen LogP contribution in [0.3, 0.4) is 0 Å². The minimum Gasteiger partial charge on any atom is -0.338 e. The molecule has 1 saturated heterocycles. The normalized spacial score (nSPS) is 20.4. The summed E-state index contributed by atoms with van der Waals surface area (Å²) < 4.78 is 0. The summed E-state index contributed by atoms with van der Waals surface area (Å²) in [5, 5.41) is 5.01. The fourth-order valence-corrected chi connectivity index (χ4v) is 2.36. The largest absolute Gasteiger partial charge is 0.338 e. The molecule has 1 rings (SSSR count). The number of carbonyl (C=O) groups is 2. The first kappa shape index (κ1) is 15.0. The van der Waals surface area contributed by atoms with Crippen LogP contribution < -0.4 is 10.6 Å². The van der Waals surface area contributed by atoms with Crippen LogP contribution in [0.1, 0.15) is 46.0 Å². The van der Waals surface area contributed by atoms with E-state index in [0.717, 1.165) is 32.2 Å². The number of likely N-dealkylation sites (tertiary alicyclic amines) is 1. The quantitative estimate of drug-likeness (QED) is 0.782. The lowest BCUT2D eigenvalue weighted by atomic mass is 10.0. The van der Waals surface area contributed by atoms with E-state index in [0.29, 0.717) is 19.1 Å². The molecule has 18 heavy (non-hydrogen) atoms. The van der Waals surface area contributed by atoms with Gasteiger partial charge in [-0.25, -0.2) is 4.79 Å². The summed E-state index contributed by atoms with van der Waals surface area (Å²) in [6.07, 6.45) is 5.48. The van der Waals surface area contributed by atoms with Crippen molar-refractivity contribution in [2.45, 2.75) is 52.0 Å². The Kier molecular flexibility index (Phi) is 6.72. The Morgan fingerprint density at radius 1 is 1.28 bits per heavy atom. The molecule has 5 nitrogen and oxygen atoms in total. The van der Waals surface area contributed by atoms with Gasteiger partial charge in [-0.2, -0.15) is 0 Å². The first-order chi connectivity index (χ1) is 8.67. The zero-order valence-corrected chi connectivity index (χ0v) is 11.5. The van der Waals surface area contributed by atoms with Crippen molar-refractivity contribution in [2.24, 2.45) is 0 Å². The van der Waals surface area contributed by atoms with Crippen molar-refractivity contribution in [3.8, 4) is 0 Å². The van der Waals surface area contributed by atoms with E-state index in [9.17, 15) is 9.59 Å². The fourth-order valence-electron chi connectivity index (χ4n) is 2.36. The Morgan fingerprint density at radius 2 is 2.06 bits per heavy atom. The third-order valence-corrected chi connectivity index (χ3v) is 3.36. The van der Waals surface area contributed by atoms with Crippen LogP contribution in [-0.4, -0.2) is 42.5 Å². The molecule has 0 spiro atoms. The van der Waals surface area contributed by atoms with Crippen LogP contribution in [0.15, 0.2) is 0 Å². The molecule has 1 atom stereocenters. The van der Waals surface area contributed by atoms with Crippen molar-refractivity contribution >= 4 is 11.9 Å². The van der Waals surface area contributed by atoms with Crippen LogP contribution in [0.5, 0.6) is 0 Å². The molecule has 1 heterocycles. The Balaban J connectivity index is 2.31. The van der Waals surface area contributed by atoms with E-state index in [1.54, 1.807) is 0 Å². The average molecular weight is 255 g/mol. The highest BCUT2D eigenvalue weighted by Gasteiger charge is 2.23. The number of nitrogens with one attached hydrogen (secondary N) is 2. The van der Waals surface area contributed by atoms with Gasteiger partial charge < -0.3 is 5.32 Å². The van der Waals surface area contributed by atoms with Gasteiger partial charge in [0, 0.05) is 12.6 Å². The molecule has 1 unspecified atom stereocenters. The van der Waals surface area contributed by atoms with Gasteiger partial charge in [0.2, 0.25) is 5.91 Å². The molecule has 0 radical (unpaired) electrons. The highest BCUT2D eigenvalue weighted by atomic mass is 16.2. The van der Waals surface area contributed by atoms with Crippen LogP contribution >= 0.6 is 0 Å². The number of urea groups is 1. The van der Waals surface area contributed by atoms with Gasteiger partial charge in [-0.15, -0.1) is 0 Å². The molecule has 2 N–H and O–H groups in total. The molecule has 0 aromatic heterocycles. The van der Waals surface area contributed by atoms with Gasteiger partial charge in [0.05, 0.1) is 6.54 Å². The first-order valence-electron chi connectivity index (χ1n) is 6.99. The highest BCUT2D eigenvalue weighted by Crippen LogP contribution is 2.18. The lowest BCUT2D eigenvalue weighted by molar-refractivity contribution is -0.122. The summed E-state index contributed by atoms with van der Waals surface area (Å²) in [6.45, 7) is 6.01. The maximum Gasteiger partial charge on any atom is 0.321 e. The van der Waals surface area contributed by atoms with Crippen LogP contribution in [0.2, 0.25) is 0 Å². The molecule has 3 amide bonds. The van der Waals surface area contributed by atoms with Gasteiger partial charge in [-0.1, -0.05) is 20.3 Å². The minimum atomic E-state index is -0.382. The smallest absolute Gasteiger partial charge is 0.321 e. The second kappa shape index (κ2) is 8.08. The van der Waals surface area contributed by atoms with E-state index < -0.39 is 0 Å². The van der Waals surface area contributed by atoms with Gasteiger partial charge in [-0.3, -0.25) is 15.0 Å². The summed E-state index contributed by atoms with van der Waals surface area (Å²) in [5.74, 6) is -0.205. The lowest BCUT2D eigenvalue weighted by Crippen LogP contribution is -2.48. The molecule has 1 aliphatic rings. The molecule has 0 aromatic carbocycles. The zero-order chi connectivity index (χ0) is 13.4. The fraction of sp³-hybridized carbons (Fsp3) is 0.846. The second-order valence-corrected chi connectivity index (χ2v) is 4.83. The number of imide groups is 1. The molecule has 1 fully saturated rings. The van der Waals surface area contributed by atoms with Crippen LogP contribution in [0.4, 0.5) is 4.79 Å². The Morgan fingerprint density at radius 3 is 2.72 bits per heavy atom. The number of piperidine rings is 1. The molecule has 104 valence electrons.